The highest BCUT2D eigenvalue weighted by Crippen LogP contribution is 2.41. The first-order chi connectivity index (χ1) is 13.5. The Morgan fingerprint density at radius 3 is 2.75 bits per heavy atom. The van der Waals surface area contributed by atoms with Crippen molar-refractivity contribution in [3.63, 3.8) is 0 Å². The van der Waals surface area contributed by atoms with Gasteiger partial charge in [0.1, 0.15) is 6.54 Å². The van der Waals surface area contributed by atoms with Gasteiger partial charge in [-0.3, -0.25) is 14.3 Å². The Balaban J connectivity index is 1.36. The fourth-order valence-electron chi connectivity index (χ4n) is 5.07. The molecule has 154 valence electrons. The Bertz CT molecular complexity index is 738. The number of carbonyl (C=O) groups excluding carboxylic acids is 1. The van der Waals surface area contributed by atoms with E-state index in [1.165, 1.54) is 10.8 Å². The molecule has 28 heavy (non-hydrogen) atoms. The third kappa shape index (κ3) is 4.29. The Kier molecular flexibility index (Phi) is 5.80. The van der Waals surface area contributed by atoms with Gasteiger partial charge in [0.2, 0.25) is 5.91 Å². The summed E-state index contributed by atoms with van der Waals surface area (Å²) < 4.78 is 6.84. The number of amides is 1. The van der Waals surface area contributed by atoms with Gasteiger partial charge in [0.25, 0.3) is 0 Å². The van der Waals surface area contributed by atoms with Gasteiger partial charge in [-0.1, -0.05) is 0 Å². The molecule has 8 heteroatoms. The molecule has 3 aliphatic heterocycles. The zero-order chi connectivity index (χ0) is 19.6. The summed E-state index contributed by atoms with van der Waals surface area (Å²) in [6, 6.07) is 2.16. The number of piperidine rings is 2. The topological polar surface area (TPSA) is 87.9 Å². The highest BCUT2D eigenvalue weighted by Gasteiger charge is 2.43. The third-order valence-electron chi connectivity index (χ3n) is 6.62. The summed E-state index contributed by atoms with van der Waals surface area (Å²) >= 11 is 0. The van der Waals surface area contributed by atoms with E-state index in [1.807, 2.05) is 4.90 Å². The quantitative estimate of drug-likeness (QED) is 0.788. The van der Waals surface area contributed by atoms with Crippen LogP contribution in [0.1, 0.15) is 32.1 Å². The highest BCUT2D eigenvalue weighted by molar-refractivity contribution is 5.76. The molecule has 3 aliphatic rings. The maximum atomic E-state index is 12.6. The van der Waals surface area contributed by atoms with Crippen molar-refractivity contribution in [2.75, 3.05) is 39.4 Å². The second kappa shape index (κ2) is 8.31. The van der Waals surface area contributed by atoms with Gasteiger partial charge in [0, 0.05) is 57.8 Å². The fraction of sp³-hybridized carbons (Fsp3) is 0.750. The van der Waals surface area contributed by atoms with E-state index in [-0.39, 0.29) is 24.0 Å². The molecule has 1 unspecified atom stereocenters. The lowest BCUT2D eigenvalue weighted by atomic mass is 9.71. The maximum Gasteiger partial charge on any atom is 0.347 e. The molecular formula is C20H30N4O4. The van der Waals surface area contributed by atoms with Crippen LogP contribution in [0.3, 0.4) is 0 Å². The Morgan fingerprint density at radius 1 is 1.29 bits per heavy atom. The second-order valence-corrected chi connectivity index (χ2v) is 8.54. The summed E-state index contributed by atoms with van der Waals surface area (Å²) in [4.78, 5) is 32.4. The number of carbonyl (C=O) groups is 1. The van der Waals surface area contributed by atoms with E-state index in [1.54, 1.807) is 12.3 Å². The summed E-state index contributed by atoms with van der Waals surface area (Å²) in [6.07, 6.45) is 7.42. The summed E-state index contributed by atoms with van der Waals surface area (Å²) in [7, 11) is 0. The molecule has 3 fully saturated rings. The molecule has 0 aliphatic carbocycles. The van der Waals surface area contributed by atoms with E-state index in [2.05, 4.69) is 9.88 Å². The molecule has 4 heterocycles. The molecule has 4 rings (SSSR count). The van der Waals surface area contributed by atoms with Gasteiger partial charge in [-0.2, -0.15) is 0 Å². The zero-order valence-corrected chi connectivity index (χ0v) is 16.3. The van der Waals surface area contributed by atoms with Gasteiger partial charge in [-0.25, -0.2) is 9.78 Å². The van der Waals surface area contributed by atoms with Crippen molar-refractivity contribution in [3.05, 3.63) is 28.9 Å². The summed E-state index contributed by atoms with van der Waals surface area (Å²) in [5.41, 5.74) is -0.315. The van der Waals surface area contributed by atoms with Gasteiger partial charge < -0.3 is 14.7 Å². The lowest BCUT2D eigenvalue weighted by molar-refractivity contribution is -0.136. The highest BCUT2D eigenvalue weighted by atomic mass is 16.5. The van der Waals surface area contributed by atoms with Gasteiger partial charge in [0.15, 0.2) is 0 Å². The van der Waals surface area contributed by atoms with Crippen LogP contribution in [-0.4, -0.2) is 81.9 Å². The smallest absolute Gasteiger partial charge is 0.347 e. The number of aliphatic hydroxyl groups is 1. The molecule has 0 aromatic carbocycles. The average molecular weight is 390 g/mol. The van der Waals surface area contributed by atoms with Crippen LogP contribution in [0.5, 0.6) is 0 Å². The minimum absolute atomic E-state index is 0.0382. The molecule has 8 nitrogen and oxygen atoms in total. The molecule has 0 saturated carbocycles. The van der Waals surface area contributed by atoms with Crippen molar-refractivity contribution in [2.45, 2.75) is 50.8 Å². The first-order valence-electron chi connectivity index (χ1n) is 10.3. The minimum Gasteiger partial charge on any atom is -0.392 e. The number of aliphatic hydroxyl groups excluding tert-OH is 1. The molecule has 1 aromatic heterocycles. The van der Waals surface area contributed by atoms with Crippen LogP contribution in [0.25, 0.3) is 0 Å². The molecule has 0 radical (unpaired) electrons. The molecule has 0 bridgehead atoms. The summed E-state index contributed by atoms with van der Waals surface area (Å²) in [5, 5.41) is 10.5. The van der Waals surface area contributed by atoms with E-state index in [0.717, 1.165) is 58.4 Å². The number of hydrogen-bond acceptors (Lipinski definition) is 6. The molecular weight excluding hydrogens is 360 g/mol. The van der Waals surface area contributed by atoms with Crippen LogP contribution in [0, 0.1) is 5.41 Å². The van der Waals surface area contributed by atoms with Crippen molar-refractivity contribution < 1.29 is 14.6 Å². The van der Waals surface area contributed by atoms with Crippen LogP contribution in [0.15, 0.2) is 23.3 Å². The number of aromatic nitrogens is 2. The van der Waals surface area contributed by atoms with Crippen molar-refractivity contribution in [2.24, 2.45) is 5.41 Å². The summed E-state index contributed by atoms with van der Waals surface area (Å²) in [6.45, 7) is 4.76. The van der Waals surface area contributed by atoms with E-state index in [9.17, 15) is 14.7 Å². The number of β-amino-alcohol motifs (C(OH)–C–C–N with tert-alkyl or cyclic N) is 1. The normalized spacial score (nSPS) is 26.5. The van der Waals surface area contributed by atoms with Crippen LogP contribution in [0.4, 0.5) is 0 Å². The van der Waals surface area contributed by atoms with Gasteiger partial charge >= 0.3 is 5.69 Å². The first kappa shape index (κ1) is 19.5. The lowest BCUT2D eigenvalue weighted by Gasteiger charge is -2.51. The van der Waals surface area contributed by atoms with Crippen molar-refractivity contribution in [1.82, 2.24) is 19.4 Å². The average Bonchev–Trinajstić information content (AvgIpc) is 2.70. The number of rotatable bonds is 3. The molecule has 3 saturated heterocycles. The Morgan fingerprint density at radius 2 is 2.04 bits per heavy atom. The number of nitrogens with zero attached hydrogens (tertiary/aromatic N) is 4. The van der Waals surface area contributed by atoms with Crippen LogP contribution >= 0.6 is 0 Å². The Labute approximate surface area is 165 Å². The van der Waals surface area contributed by atoms with Crippen molar-refractivity contribution >= 4 is 5.91 Å². The van der Waals surface area contributed by atoms with Gasteiger partial charge in [-0.05, 0) is 43.6 Å². The SMILES string of the molecule is O=C(Cn1cccnc1=O)N1CCC2(CC1)CC(O)CN(C1CCOCC1)C2. The lowest BCUT2D eigenvalue weighted by Crippen LogP contribution is -2.57. The monoisotopic (exact) mass is 390 g/mol. The number of likely N-dealkylation sites (tertiary alicyclic amines) is 2. The molecule has 1 N–H and O–H groups in total. The molecule has 1 atom stereocenters. The standard InChI is InChI=1S/C20H30N4O4/c25-17-12-20(15-24(13-17)16-2-10-28-11-3-16)4-8-22(9-5-20)18(26)14-23-7-1-6-21-19(23)27/h1,6-7,16-17,25H,2-5,8-15H2. The van der Waals surface area contributed by atoms with E-state index < -0.39 is 5.69 Å². The number of ether oxygens (including phenoxy) is 1. The minimum atomic E-state index is -0.396. The first-order valence-corrected chi connectivity index (χ1v) is 10.3. The predicted octanol–water partition coefficient (Wildman–Crippen LogP) is 0.0977. The van der Waals surface area contributed by atoms with E-state index in [0.29, 0.717) is 19.1 Å². The van der Waals surface area contributed by atoms with Crippen LogP contribution in [-0.2, 0) is 16.1 Å². The summed E-state index contributed by atoms with van der Waals surface area (Å²) in [5.74, 6) is -0.0393. The van der Waals surface area contributed by atoms with Crippen LogP contribution < -0.4 is 5.69 Å². The predicted molar refractivity (Wildman–Crippen MR) is 103 cm³/mol. The second-order valence-electron chi connectivity index (χ2n) is 8.54. The number of hydrogen-bond donors (Lipinski definition) is 1. The van der Waals surface area contributed by atoms with E-state index in [4.69, 9.17) is 4.74 Å². The van der Waals surface area contributed by atoms with Crippen molar-refractivity contribution in [1.29, 1.82) is 0 Å². The zero-order valence-electron chi connectivity index (χ0n) is 16.3. The molecule has 1 amide bonds. The van der Waals surface area contributed by atoms with Gasteiger partial charge in [0.05, 0.1) is 6.10 Å². The third-order valence-corrected chi connectivity index (χ3v) is 6.62. The van der Waals surface area contributed by atoms with Crippen LogP contribution in [0.2, 0.25) is 0 Å². The maximum absolute atomic E-state index is 12.6. The van der Waals surface area contributed by atoms with E-state index >= 15 is 0 Å². The molecule has 1 spiro atoms. The Hall–Kier alpha value is -1.77. The fourth-order valence-corrected chi connectivity index (χ4v) is 5.07. The van der Waals surface area contributed by atoms with Crippen molar-refractivity contribution in [3.8, 4) is 0 Å². The molecule has 1 aromatic rings. The largest absolute Gasteiger partial charge is 0.392 e. The van der Waals surface area contributed by atoms with Gasteiger partial charge in [-0.15, -0.1) is 0 Å².